The van der Waals surface area contributed by atoms with E-state index in [-0.39, 0.29) is 16.7 Å². The predicted octanol–water partition coefficient (Wildman–Crippen LogP) is 15.8. The molecule has 0 fully saturated rings. The highest BCUT2D eigenvalue weighted by Crippen LogP contribution is 2.43. The molecule has 4 nitrogen and oxygen atoms in total. The summed E-state index contributed by atoms with van der Waals surface area (Å²) in [6.45, 7) is 11.5. The van der Waals surface area contributed by atoms with Crippen LogP contribution in [0.1, 0.15) is 40.3 Å². The summed E-state index contributed by atoms with van der Waals surface area (Å²) in [6, 6.07) is 58.1. The number of hydrogen-bond acceptors (Lipinski definition) is 2. The van der Waals surface area contributed by atoms with Gasteiger partial charge in [-0.1, -0.05) is 144 Å². The van der Waals surface area contributed by atoms with Crippen LogP contribution in [0.5, 0.6) is 0 Å². The second-order valence-corrected chi connectivity index (χ2v) is 15.8. The average molecular weight is 841 g/mol. The number of nitriles is 2. The molecule has 312 valence electrons. The molecule has 10 rings (SSSR count). The molecule has 0 radical (unpaired) electrons. The minimum Gasteiger partial charge on any atom is -0.308 e. The molecule has 8 aromatic carbocycles. The van der Waals surface area contributed by atoms with E-state index in [2.05, 4.69) is 104 Å². The van der Waals surface area contributed by atoms with E-state index in [0.717, 1.165) is 72.4 Å². The van der Waals surface area contributed by atoms with Crippen molar-refractivity contribution in [3.8, 4) is 45.8 Å². The minimum atomic E-state index is -4.69. The average Bonchev–Trinajstić information content (AvgIpc) is 3.82. The smallest absolute Gasteiger partial charge is 0.308 e. The fourth-order valence-electron chi connectivity index (χ4n) is 8.31. The summed E-state index contributed by atoms with van der Waals surface area (Å²) in [5, 5.41) is 25.0. The van der Waals surface area contributed by atoms with Gasteiger partial charge in [0.15, 0.2) is 0 Å². The first-order valence-corrected chi connectivity index (χ1v) is 20.8. The van der Waals surface area contributed by atoms with Gasteiger partial charge in [-0.25, -0.2) is 0 Å². The van der Waals surface area contributed by atoms with Crippen LogP contribution in [0.2, 0.25) is 0 Å². The molecule has 0 N–H and O–H groups in total. The lowest BCUT2D eigenvalue weighted by Crippen LogP contribution is -2.08. The number of hydrogen-bond donors (Lipinski definition) is 0. The molecule has 0 atom stereocenters. The van der Waals surface area contributed by atoms with E-state index in [1.807, 2.05) is 97.3 Å². The molecular weight excluding hydrogens is 798 g/mol. The maximum Gasteiger partial charge on any atom is 0.416 e. The van der Waals surface area contributed by atoms with Gasteiger partial charge < -0.3 is 9.13 Å². The van der Waals surface area contributed by atoms with E-state index in [1.165, 1.54) is 17.2 Å². The topological polar surface area (TPSA) is 57.4 Å². The Morgan fingerprint density at radius 3 is 1.47 bits per heavy atom. The Labute approximate surface area is 370 Å². The standard InChI is InChI=1S/C46H27F3N4.C8H10.C3H6/c1-28-14-16-30(17-15-28)31-18-19-38-37-10-2-5-11-40(37)52(44(38)25-31)43-21-20-34(32-22-29(26-50)23-33(24-32)46(47,48)49)45(39(43)27-51)53-41-12-6-3-8-35(41)36-9-4-7-13-42(36)53;1-7-3-5-8(2)6-4-7;1-3-2/h2-25H,1H3;3-6H,1-2H3;3H,1H2,2H3. The highest BCUT2D eigenvalue weighted by atomic mass is 19.4. The van der Waals surface area contributed by atoms with Crippen LogP contribution in [0.3, 0.4) is 0 Å². The lowest BCUT2D eigenvalue weighted by molar-refractivity contribution is -0.137. The molecule has 0 saturated carbocycles. The van der Waals surface area contributed by atoms with Crippen LogP contribution in [0.15, 0.2) is 183 Å². The van der Waals surface area contributed by atoms with Gasteiger partial charge in [-0.05, 0) is 92.9 Å². The second kappa shape index (κ2) is 17.7. The van der Waals surface area contributed by atoms with Crippen molar-refractivity contribution in [1.82, 2.24) is 9.13 Å². The number of rotatable bonds is 4. The van der Waals surface area contributed by atoms with Gasteiger partial charge in [0, 0.05) is 27.1 Å². The van der Waals surface area contributed by atoms with Crippen molar-refractivity contribution in [2.45, 2.75) is 33.9 Å². The Morgan fingerprint density at radius 1 is 0.500 bits per heavy atom. The number of para-hydroxylation sites is 3. The highest BCUT2D eigenvalue weighted by molar-refractivity contribution is 6.12. The molecule has 0 amide bonds. The van der Waals surface area contributed by atoms with Crippen molar-refractivity contribution >= 4 is 43.6 Å². The normalized spacial score (nSPS) is 11.1. The molecule has 0 saturated heterocycles. The third-order valence-electron chi connectivity index (χ3n) is 11.3. The van der Waals surface area contributed by atoms with Crippen LogP contribution in [-0.4, -0.2) is 9.13 Å². The Kier molecular flexibility index (Phi) is 11.8. The van der Waals surface area contributed by atoms with Crippen molar-refractivity contribution < 1.29 is 13.2 Å². The maximum absolute atomic E-state index is 14.3. The van der Waals surface area contributed by atoms with Gasteiger partial charge in [-0.15, -0.1) is 6.58 Å². The molecule has 0 unspecified atom stereocenters. The first kappa shape index (κ1) is 42.6. The zero-order valence-electron chi connectivity index (χ0n) is 35.9. The van der Waals surface area contributed by atoms with Crippen molar-refractivity contribution in [1.29, 1.82) is 10.5 Å². The molecule has 0 aliphatic heterocycles. The molecule has 2 aromatic heterocycles. The van der Waals surface area contributed by atoms with Crippen LogP contribution in [-0.2, 0) is 6.18 Å². The lowest BCUT2D eigenvalue weighted by Gasteiger charge is -2.20. The monoisotopic (exact) mass is 840 g/mol. The Hall–Kier alpha value is -8.13. The number of aryl methyl sites for hydroxylation is 3. The summed E-state index contributed by atoms with van der Waals surface area (Å²) in [6.07, 6.45) is -2.94. The van der Waals surface area contributed by atoms with Gasteiger partial charge in [0.05, 0.1) is 50.6 Å². The SMILES string of the molecule is C=CC.Cc1ccc(-c2ccc3c4ccccc4n(-c4ccc(-c5cc(C#N)cc(C(F)(F)F)c5)c(-n5c6ccccc6c6ccccc65)c4C#N)c3c2)cc1.Cc1ccc(C)cc1. The molecule has 7 heteroatoms. The summed E-state index contributed by atoms with van der Waals surface area (Å²) in [4.78, 5) is 0. The van der Waals surface area contributed by atoms with Gasteiger partial charge in [-0.3, -0.25) is 0 Å². The Bertz CT molecular complexity index is 3370. The van der Waals surface area contributed by atoms with Crippen LogP contribution in [0.4, 0.5) is 13.2 Å². The van der Waals surface area contributed by atoms with Gasteiger partial charge in [0.1, 0.15) is 11.6 Å². The van der Waals surface area contributed by atoms with Crippen molar-refractivity contribution in [2.24, 2.45) is 0 Å². The van der Waals surface area contributed by atoms with E-state index in [1.54, 1.807) is 12.1 Å². The number of halogens is 3. The summed E-state index contributed by atoms with van der Waals surface area (Å²) < 4.78 is 46.9. The molecular formula is C57H43F3N4. The fraction of sp³-hybridized carbons (Fsp3) is 0.0877. The van der Waals surface area contributed by atoms with E-state index in [9.17, 15) is 23.7 Å². The molecule has 0 aliphatic carbocycles. The molecule has 0 aliphatic rings. The lowest BCUT2D eigenvalue weighted by atomic mass is 9.95. The van der Waals surface area contributed by atoms with Crippen LogP contribution >= 0.6 is 0 Å². The summed E-state index contributed by atoms with van der Waals surface area (Å²) >= 11 is 0. The Balaban J connectivity index is 0.000000451. The van der Waals surface area contributed by atoms with Crippen molar-refractivity contribution in [2.75, 3.05) is 0 Å². The van der Waals surface area contributed by atoms with Crippen molar-refractivity contribution in [3.05, 3.63) is 216 Å². The third-order valence-corrected chi connectivity index (χ3v) is 11.3. The van der Waals surface area contributed by atoms with Gasteiger partial charge in [0.25, 0.3) is 0 Å². The highest BCUT2D eigenvalue weighted by Gasteiger charge is 2.32. The second-order valence-electron chi connectivity index (χ2n) is 15.8. The molecule has 0 spiro atoms. The number of nitrogens with zero attached hydrogens (tertiary/aromatic N) is 4. The summed E-state index contributed by atoms with van der Waals surface area (Å²) in [5.41, 5.74) is 9.99. The Morgan fingerprint density at radius 2 is 0.969 bits per heavy atom. The zero-order chi connectivity index (χ0) is 45.1. The number of aromatic nitrogens is 2. The van der Waals surface area contributed by atoms with E-state index >= 15 is 0 Å². The van der Waals surface area contributed by atoms with Crippen LogP contribution in [0.25, 0.3) is 77.2 Å². The van der Waals surface area contributed by atoms with E-state index in [0.29, 0.717) is 16.9 Å². The number of fused-ring (bicyclic) bond motifs is 6. The number of alkyl halides is 3. The van der Waals surface area contributed by atoms with Crippen LogP contribution < -0.4 is 0 Å². The summed E-state index contributed by atoms with van der Waals surface area (Å²) in [7, 11) is 0. The zero-order valence-corrected chi connectivity index (χ0v) is 35.9. The predicted molar refractivity (Wildman–Crippen MR) is 257 cm³/mol. The summed E-state index contributed by atoms with van der Waals surface area (Å²) in [5.74, 6) is 0. The van der Waals surface area contributed by atoms with Gasteiger partial charge in [-0.2, -0.15) is 23.7 Å². The van der Waals surface area contributed by atoms with Gasteiger partial charge >= 0.3 is 6.18 Å². The first-order chi connectivity index (χ1) is 30.9. The quantitative estimate of drug-likeness (QED) is 0.166. The van der Waals surface area contributed by atoms with E-state index < -0.39 is 11.7 Å². The van der Waals surface area contributed by atoms with Crippen LogP contribution in [0, 0.1) is 43.4 Å². The van der Waals surface area contributed by atoms with Crippen molar-refractivity contribution in [3.63, 3.8) is 0 Å². The number of allylic oxidation sites excluding steroid dienone is 1. The third kappa shape index (κ3) is 8.04. The number of benzene rings is 8. The molecule has 10 aromatic rings. The molecule has 0 bridgehead atoms. The molecule has 2 heterocycles. The largest absolute Gasteiger partial charge is 0.416 e. The van der Waals surface area contributed by atoms with E-state index in [4.69, 9.17) is 0 Å². The first-order valence-electron chi connectivity index (χ1n) is 20.8. The fourth-order valence-corrected chi connectivity index (χ4v) is 8.31. The van der Waals surface area contributed by atoms with Gasteiger partial charge in [0.2, 0.25) is 0 Å². The molecule has 64 heavy (non-hydrogen) atoms. The minimum absolute atomic E-state index is 0.128. The maximum atomic E-state index is 14.3.